The number of esters is 1. The number of ketones is 1. The largest absolute Gasteiger partial charge is 0.458 e. The highest BCUT2D eigenvalue weighted by atomic mass is 16.5. The van der Waals surface area contributed by atoms with Crippen LogP contribution in [0.3, 0.4) is 0 Å². The molecule has 10 atom stereocenters. The van der Waals surface area contributed by atoms with Gasteiger partial charge in [-0.2, -0.15) is 0 Å². The predicted octanol–water partition coefficient (Wildman–Crippen LogP) is 3.34. The molecule has 0 aromatic rings. The fourth-order valence-electron chi connectivity index (χ4n) is 9.24. The number of carbonyl (C=O) groups is 2. The lowest BCUT2D eigenvalue weighted by Crippen LogP contribution is -2.68. The Balaban J connectivity index is 1.40. The van der Waals surface area contributed by atoms with Crippen LogP contribution in [0.1, 0.15) is 72.6 Å². The van der Waals surface area contributed by atoms with E-state index in [1.807, 2.05) is 13.8 Å². The summed E-state index contributed by atoms with van der Waals surface area (Å²) >= 11 is 0. The van der Waals surface area contributed by atoms with Crippen LogP contribution >= 0.6 is 0 Å². The summed E-state index contributed by atoms with van der Waals surface area (Å²) in [6.45, 7) is 8.16. The Morgan fingerprint density at radius 3 is 2.53 bits per heavy atom. The van der Waals surface area contributed by atoms with Crippen molar-refractivity contribution in [3.05, 3.63) is 23.3 Å². The van der Waals surface area contributed by atoms with Gasteiger partial charge in [-0.25, -0.2) is 4.79 Å². The third kappa shape index (κ3) is 3.04. The first kappa shape index (κ1) is 24.2. The number of fused-ring (bicyclic) bond motifs is 5. The molecule has 3 fully saturated rings. The number of ether oxygens (including phenoxy) is 1. The van der Waals surface area contributed by atoms with Crippen molar-refractivity contribution in [2.75, 3.05) is 6.61 Å². The first-order valence-corrected chi connectivity index (χ1v) is 13.1. The summed E-state index contributed by atoms with van der Waals surface area (Å²) in [6.07, 6.45) is 7.75. The highest BCUT2D eigenvalue weighted by Crippen LogP contribution is 2.68. The molecule has 3 N–H and O–H groups in total. The molecule has 1 aliphatic heterocycles. The van der Waals surface area contributed by atoms with Crippen molar-refractivity contribution in [1.82, 2.24) is 0 Å². The number of carbonyl (C=O) groups excluding carboxylic acids is 2. The van der Waals surface area contributed by atoms with Crippen LogP contribution < -0.4 is 0 Å². The second-order valence-electron chi connectivity index (χ2n) is 12.4. The molecule has 1 heterocycles. The normalized spacial score (nSPS) is 49.3. The van der Waals surface area contributed by atoms with Crippen LogP contribution in [-0.2, 0) is 14.3 Å². The number of allylic oxidation sites excluding steroid dienone is 1. The van der Waals surface area contributed by atoms with Crippen LogP contribution in [0.15, 0.2) is 23.3 Å². The van der Waals surface area contributed by atoms with Gasteiger partial charge in [-0.15, -0.1) is 0 Å². The van der Waals surface area contributed by atoms with Crippen LogP contribution in [0.2, 0.25) is 0 Å². The summed E-state index contributed by atoms with van der Waals surface area (Å²) in [4.78, 5) is 25.6. The lowest BCUT2D eigenvalue weighted by atomic mass is 9.43. The molecule has 34 heavy (non-hydrogen) atoms. The van der Waals surface area contributed by atoms with Gasteiger partial charge in [0.1, 0.15) is 17.8 Å². The minimum Gasteiger partial charge on any atom is -0.458 e. The summed E-state index contributed by atoms with van der Waals surface area (Å²) in [5.74, 6) is 1.07. The molecule has 0 spiro atoms. The second kappa shape index (κ2) is 8.01. The molecule has 3 saturated carbocycles. The van der Waals surface area contributed by atoms with Crippen molar-refractivity contribution in [2.45, 2.75) is 90.4 Å². The lowest BCUT2D eigenvalue weighted by Gasteiger charge is -2.62. The Hall–Kier alpha value is -1.50. The zero-order chi connectivity index (χ0) is 24.6. The van der Waals surface area contributed by atoms with E-state index < -0.39 is 17.1 Å². The summed E-state index contributed by atoms with van der Waals surface area (Å²) in [7, 11) is 0. The highest BCUT2D eigenvalue weighted by molar-refractivity contribution is 5.97. The van der Waals surface area contributed by atoms with Gasteiger partial charge < -0.3 is 20.1 Å². The number of aliphatic hydroxyl groups is 3. The molecular formula is C28H40O6. The number of hydrogen-bond acceptors (Lipinski definition) is 6. The topological polar surface area (TPSA) is 104 Å². The van der Waals surface area contributed by atoms with Crippen LogP contribution in [0, 0.1) is 40.4 Å². The lowest BCUT2D eigenvalue weighted by molar-refractivity contribution is -0.217. The summed E-state index contributed by atoms with van der Waals surface area (Å²) in [5, 5.41) is 31.7. The predicted molar refractivity (Wildman–Crippen MR) is 126 cm³/mol. The number of aliphatic hydroxyl groups excluding tert-OH is 2. The molecule has 1 unspecified atom stereocenters. The van der Waals surface area contributed by atoms with E-state index in [1.54, 1.807) is 0 Å². The second-order valence-corrected chi connectivity index (χ2v) is 12.4. The molecule has 5 aliphatic rings. The van der Waals surface area contributed by atoms with Crippen molar-refractivity contribution < 1.29 is 29.6 Å². The molecular weight excluding hydrogens is 432 g/mol. The first-order valence-electron chi connectivity index (χ1n) is 13.1. The van der Waals surface area contributed by atoms with Crippen molar-refractivity contribution in [2.24, 2.45) is 40.4 Å². The van der Waals surface area contributed by atoms with Crippen molar-refractivity contribution in [3.63, 3.8) is 0 Å². The van der Waals surface area contributed by atoms with E-state index in [0.717, 1.165) is 37.7 Å². The average Bonchev–Trinajstić information content (AvgIpc) is 3.15. The fourth-order valence-corrected chi connectivity index (χ4v) is 9.24. The first-order chi connectivity index (χ1) is 16.0. The van der Waals surface area contributed by atoms with Crippen LogP contribution in [-0.4, -0.2) is 51.5 Å². The molecule has 0 aromatic heterocycles. The minimum absolute atomic E-state index is 0.0439. The van der Waals surface area contributed by atoms with E-state index in [-0.39, 0.29) is 41.7 Å². The Labute approximate surface area is 202 Å². The van der Waals surface area contributed by atoms with E-state index in [4.69, 9.17) is 4.74 Å². The van der Waals surface area contributed by atoms with Crippen LogP contribution in [0.25, 0.3) is 0 Å². The van der Waals surface area contributed by atoms with E-state index in [0.29, 0.717) is 36.2 Å². The molecule has 0 aromatic carbocycles. The Morgan fingerprint density at radius 2 is 1.85 bits per heavy atom. The smallest absolute Gasteiger partial charge is 0.336 e. The quantitative estimate of drug-likeness (QED) is 0.545. The molecule has 188 valence electrons. The SMILES string of the molecule is CC1=C(CO)C(=O)OC([C@@H](C)[C@H]2CC[C@H]3[C@@H]4CC[C@]5(O)[C@@H](O)C=CC(=O)[C@]5(C)[C@H]4CC[C@]23C)C1. The zero-order valence-corrected chi connectivity index (χ0v) is 20.9. The molecule has 0 radical (unpaired) electrons. The highest BCUT2D eigenvalue weighted by Gasteiger charge is 2.68. The van der Waals surface area contributed by atoms with Gasteiger partial charge in [0.2, 0.25) is 0 Å². The van der Waals surface area contributed by atoms with E-state index >= 15 is 0 Å². The third-order valence-corrected chi connectivity index (χ3v) is 11.3. The molecule has 0 saturated heterocycles. The van der Waals surface area contributed by atoms with Gasteiger partial charge >= 0.3 is 5.97 Å². The van der Waals surface area contributed by atoms with Gasteiger partial charge in [0.25, 0.3) is 0 Å². The monoisotopic (exact) mass is 472 g/mol. The third-order valence-electron chi connectivity index (χ3n) is 11.3. The van der Waals surface area contributed by atoms with Crippen molar-refractivity contribution in [3.8, 4) is 0 Å². The van der Waals surface area contributed by atoms with Crippen molar-refractivity contribution in [1.29, 1.82) is 0 Å². The fraction of sp³-hybridized carbons (Fsp3) is 0.786. The van der Waals surface area contributed by atoms with Gasteiger partial charge in [-0.3, -0.25) is 4.79 Å². The molecule has 6 heteroatoms. The Kier molecular flexibility index (Phi) is 5.70. The molecule has 4 aliphatic carbocycles. The summed E-state index contributed by atoms with van der Waals surface area (Å²) in [6, 6.07) is 0. The van der Waals surface area contributed by atoms with Gasteiger partial charge in [0, 0.05) is 6.42 Å². The van der Waals surface area contributed by atoms with Crippen LogP contribution in [0.4, 0.5) is 0 Å². The number of cyclic esters (lactones) is 1. The van der Waals surface area contributed by atoms with Gasteiger partial charge in [0.15, 0.2) is 5.78 Å². The van der Waals surface area contributed by atoms with E-state index in [1.165, 1.54) is 12.2 Å². The molecule has 5 rings (SSSR count). The summed E-state index contributed by atoms with van der Waals surface area (Å²) in [5.41, 5.74) is -0.906. The maximum atomic E-state index is 13.2. The maximum absolute atomic E-state index is 13.2. The average molecular weight is 473 g/mol. The molecule has 0 amide bonds. The zero-order valence-electron chi connectivity index (χ0n) is 20.9. The standard InChI is InChI=1S/C28H40O6/c1-15-13-22(34-25(32)18(15)14-29)16(2)19-5-6-20-17-9-12-28(33)24(31)8-7-23(30)27(28,4)21(17)10-11-26(19,20)3/h7-8,16-17,19-22,24,29,31,33H,5-6,9-14H2,1-4H3/t16-,17-,19+,20-,21-,22?,24-,26+,27-,28-/m0/s1. The molecule has 0 bridgehead atoms. The number of rotatable bonds is 3. The Morgan fingerprint density at radius 1 is 1.12 bits per heavy atom. The Bertz CT molecular complexity index is 953. The number of hydrogen-bond donors (Lipinski definition) is 3. The molecule has 6 nitrogen and oxygen atoms in total. The van der Waals surface area contributed by atoms with E-state index in [9.17, 15) is 24.9 Å². The van der Waals surface area contributed by atoms with Gasteiger partial charge in [-0.1, -0.05) is 19.4 Å². The van der Waals surface area contributed by atoms with Gasteiger partial charge in [0.05, 0.1) is 17.6 Å². The van der Waals surface area contributed by atoms with Gasteiger partial charge in [-0.05, 0) is 99.5 Å². The van der Waals surface area contributed by atoms with Crippen molar-refractivity contribution >= 4 is 11.8 Å². The van der Waals surface area contributed by atoms with E-state index in [2.05, 4.69) is 13.8 Å². The minimum atomic E-state index is -1.39. The van der Waals surface area contributed by atoms with Crippen LogP contribution in [0.5, 0.6) is 0 Å². The maximum Gasteiger partial charge on any atom is 0.336 e. The summed E-state index contributed by atoms with van der Waals surface area (Å²) < 4.78 is 5.82.